The molecule has 138 valence electrons. The maximum atomic E-state index is 12.9. The highest BCUT2D eigenvalue weighted by atomic mass is 32.2. The van der Waals surface area contributed by atoms with Crippen molar-refractivity contribution in [3.63, 3.8) is 0 Å². The van der Waals surface area contributed by atoms with E-state index < -0.39 is 0 Å². The number of thioether (sulfide) groups is 1. The lowest BCUT2D eigenvalue weighted by Gasteiger charge is -2.31. The number of ether oxygens (including phenoxy) is 1. The van der Waals surface area contributed by atoms with E-state index >= 15 is 0 Å². The van der Waals surface area contributed by atoms with Crippen molar-refractivity contribution in [1.29, 1.82) is 0 Å². The van der Waals surface area contributed by atoms with Gasteiger partial charge in [-0.15, -0.1) is 11.8 Å². The smallest absolute Gasteiger partial charge is 0.237 e. The molecule has 0 bridgehead atoms. The summed E-state index contributed by atoms with van der Waals surface area (Å²) in [5.74, 6) is 1.95. The molecule has 0 saturated carbocycles. The minimum atomic E-state index is 0.174. The maximum absolute atomic E-state index is 12.9. The van der Waals surface area contributed by atoms with Crippen LogP contribution in [-0.2, 0) is 17.8 Å². The molecular formula is C21H26N2O2S. The van der Waals surface area contributed by atoms with Crippen molar-refractivity contribution in [2.24, 2.45) is 0 Å². The standard InChI is InChI=1S/C21H26N2O2S/c1-22(2)14-21(24)23-13-17-6-4-5-7-20(17)26-15-18(23)12-16-8-10-19(25-3)11-9-16/h4-11,18H,12-15H2,1-3H3. The Morgan fingerprint density at radius 2 is 1.92 bits per heavy atom. The lowest BCUT2D eigenvalue weighted by molar-refractivity contribution is -0.134. The van der Waals surface area contributed by atoms with Crippen LogP contribution in [0.5, 0.6) is 5.75 Å². The second-order valence-electron chi connectivity index (χ2n) is 6.88. The molecule has 0 aliphatic carbocycles. The van der Waals surface area contributed by atoms with Crippen LogP contribution < -0.4 is 4.74 Å². The predicted molar refractivity (Wildman–Crippen MR) is 107 cm³/mol. The van der Waals surface area contributed by atoms with E-state index in [-0.39, 0.29) is 11.9 Å². The van der Waals surface area contributed by atoms with Gasteiger partial charge in [0.25, 0.3) is 0 Å². The van der Waals surface area contributed by atoms with Gasteiger partial charge in [0, 0.05) is 23.2 Å². The highest BCUT2D eigenvalue weighted by Gasteiger charge is 2.28. The number of amides is 1. The maximum Gasteiger partial charge on any atom is 0.237 e. The number of methoxy groups -OCH3 is 1. The molecule has 0 spiro atoms. The van der Waals surface area contributed by atoms with Crippen LogP contribution in [0.4, 0.5) is 0 Å². The quantitative estimate of drug-likeness (QED) is 0.808. The third kappa shape index (κ3) is 4.59. The van der Waals surface area contributed by atoms with Crippen molar-refractivity contribution >= 4 is 17.7 Å². The van der Waals surface area contributed by atoms with Gasteiger partial charge in [0.15, 0.2) is 0 Å². The van der Waals surface area contributed by atoms with E-state index in [1.807, 2.05) is 42.9 Å². The molecule has 5 heteroatoms. The zero-order chi connectivity index (χ0) is 18.5. The van der Waals surface area contributed by atoms with Crippen molar-refractivity contribution in [1.82, 2.24) is 9.80 Å². The van der Waals surface area contributed by atoms with E-state index in [4.69, 9.17) is 4.74 Å². The number of nitrogens with zero attached hydrogens (tertiary/aromatic N) is 2. The zero-order valence-electron chi connectivity index (χ0n) is 15.6. The molecule has 1 amide bonds. The third-order valence-electron chi connectivity index (χ3n) is 4.59. The van der Waals surface area contributed by atoms with E-state index in [1.165, 1.54) is 16.0 Å². The zero-order valence-corrected chi connectivity index (χ0v) is 16.5. The summed E-state index contributed by atoms with van der Waals surface area (Å²) in [6, 6.07) is 16.7. The number of likely N-dealkylation sites (N-methyl/N-ethyl adjacent to an activating group) is 1. The Kier molecular flexibility index (Phi) is 6.22. The predicted octanol–water partition coefficient (Wildman–Crippen LogP) is 3.30. The SMILES string of the molecule is COc1ccc(CC2CSc3ccccc3CN2C(=O)CN(C)C)cc1. The fraction of sp³-hybridized carbons (Fsp3) is 0.381. The summed E-state index contributed by atoms with van der Waals surface area (Å²) in [7, 11) is 5.56. The largest absolute Gasteiger partial charge is 0.497 e. The molecule has 1 unspecified atom stereocenters. The van der Waals surface area contributed by atoms with Gasteiger partial charge in [0.2, 0.25) is 5.91 Å². The second kappa shape index (κ2) is 8.60. The van der Waals surface area contributed by atoms with E-state index in [2.05, 4.69) is 41.3 Å². The van der Waals surface area contributed by atoms with Gasteiger partial charge in [-0.25, -0.2) is 0 Å². The van der Waals surface area contributed by atoms with Crippen LogP contribution in [0.2, 0.25) is 0 Å². The van der Waals surface area contributed by atoms with E-state index in [1.54, 1.807) is 7.11 Å². The number of fused-ring (bicyclic) bond motifs is 1. The third-order valence-corrected chi connectivity index (χ3v) is 5.85. The Bertz CT molecular complexity index is 746. The molecule has 1 aliphatic rings. The van der Waals surface area contributed by atoms with Gasteiger partial charge in [0.1, 0.15) is 5.75 Å². The number of hydrogen-bond acceptors (Lipinski definition) is 4. The summed E-state index contributed by atoms with van der Waals surface area (Å²) >= 11 is 1.85. The Morgan fingerprint density at radius 1 is 1.19 bits per heavy atom. The molecule has 1 atom stereocenters. The van der Waals surface area contributed by atoms with Gasteiger partial charge in [-0.1, -0.05) is 30.3 Å². The van der Waals surface area contributed by atoms with Crippen LogP contribution >= 0.6 is 11.8 Å². The van der Waals surface area contributed by atoms with Gasteiger partial charge < -0.3 is 14.5 Å². The van der Waals surface area contributed by atoms with Crippen LogP contribution in [-0.4, -0.2) is 55.3 Å². The summed E-state index contributed by atoms with van der Waals surface area (Å²) in [5.41, 5.74) is 2.46. The molecule has 0 N–H and O–H groups in total. The van der Waals surface area contributed by atoms with Gasteiger partial charge in [-0.2, -0.15) is 0 Å². The Hall–Kier alpha value is -1.98. The van der Waals surface area contributed by atoms with Gasteiger partial charge in [-0.05, 0) is 49.8 Å². The molecule has 1 aliphatic heterocycles. The fourth-order valence-corrected chi connectivity index (χ4v) is 4.38. The first-order valence-corrected chi connectivity index (χ1v) is 9.83. The van der Waals surface area contributed by atoms with Crippen LogP contribution in [0.3, 0.4) is 0 Å². The minimum Gasteiger partial charge on any atom is -0.497 e. The molecule has 0 radical (unpaired) electrons. The van der Waals surface area contributed by atoms with Crippen LogP contribution in [0.15, 0.2) is 53.4 Å². The van der Waals surface area contributed by atoms with E-state index in [0.29, 0.717) is 13.1 Å². The topological polar surface area (TPSA) is 32.8 Å². The van der Waals surface area contributed by atoms with Gasteiger partial charge in [0.05, 0.1) is 13.7 Å². The van der Waals surface area contributed by atoms with Crippen molar-refractivity contribution in [2.75, 3.05) is 33.5 Å². The molecule has 1 heterocycles. The molecule has 0 saturated heterocycles. The Balaban J connectivity index is 1.83. The van der Waals surface area contributed by atoms with Crippen LogP contribution in [0, 0.1) is 0 Å². The summed E-state index contributed by atoms with van der Waals surface area (Å²) < 4.78 is 5.25. The van der Waals surface area contributed by atoms with Crippen molar-refractivity contribution in [2.45, 2.75) is 23.9 Å². The fourth-order valence-electron chi connectivity index (χ4n) is 3.22. The molecule has 2 aromatic rings. The Morgan fingerprint density at radius 3 is 2.62 bits per heavy atom. The van der Waals surface area contributed by atoms with Gasteiger partial charge >= 0.3 is 0 Å². The number of benzene rings is 2. The van der Waals surface area contributed by atoms with Crippen LogP contribution in [0.25, 0.3) is 0 Å². The molecule has 4 nitrogen and oxygen atoms in total. The number of hydrogen-bond donors (Lipinski definition) is 0. The average molecular weight is 371 g/mol. The minimum absolute atomic E-state index is 0.174. The van der Waals surface area contributed by atoms with Crippen molar-refractivity contribution in [3.8, 4) is 5.75 Å². The first-order valence-electron chi connectivity index (χ1n) is 8.84. The summed E-state index contributed by atoms with van der Waals surface area (Å²) in [4.78, 5) is 18.2. The molecular weight excluding hydrogens is 344 g/mol. The highest BCUT2D eigenvalue weighted by Crippen LogP contribution is 2.31. The first kappa shape index (κ1) is 18.8. The van der Waals surface area contributed by atoms with Gasteiger partial charge in [-0.3, -0.25) is 4.79 Å². The average Bonchev–Trinajstić information content (AvgIpc) is 2.82. The number of rotatable bonds is 5. The lowest BCUT2D eigenvalue weighted by Crippen LogP contribution is -2.45. The molecule has 2 aromatic carbocycles. The lowest BCUT2D eigenvalue weighted by atomic mass is 10.0. The summed E-state index contributed by atoms with van der Waals surface area (Å²) in [6.45, 7) is 1.11. The first-order chi connectivity index (χ1) is 12.6. The van der Waals surface area contributed by atoms with Crippen molar-refractivity contribution in [3.05, 3.63) is 59.7 Å². The normalized spacial score (nSPS) is 16.9. The summed E-state index contributed by atoms with van der Waals surface area (Å²) in [5, 5.41) is 0. The highest BCUT2D eigenvalue weighted by molar-refractivity contribution is 7.99. The summed E-state index contributed by atoms with van der Waals surface area (Å²) in [6.07, 6.45) is 0.851. The molecule has 0 fully saturated rings. The molecule has 0 aromatic heterocycles. The van der Waals surface area contributed by atoms with Crippen LogP contribution in [0.1, 0.15) is 11.1 Å². The second-order valence-corrected chi connectivity index (χ2v) is 7.95. The molecule has 26 heavy (non-hydrogen) atoms. The molecule has 3 rings (SSSR count). The number of carbonyl (C=O) groups is 1. The monoisotopic (exact) mass is 370 g/mol. The van der Waals surface area contributed by atoms with Crippen molar-refractivity contribution < 1.29 is 9.53 Å². The Labute approximate surface area is 160 Å². The number of carbonyl (C=O) groups excluding carboxylic acids is 1. The van der Waals surface area contributed by atoms with E-state index in [0.717, 1.165) is 17.9 Å². The van der Waals surface area contributed by atoms with E-state index in [9.17, 15) is 4.79 Å².